The molecule has 1 saturated heterocycles. The third-order valence-electron chi connectivity index (χ3n) is 4.63. The number of ether oxygens (including phenoxy) is 1. The minimum atomic E-state index is -3.84. The Labute approximate surface area is 164 Å². The number of carbonyl (C=O) groups excluding carboxylic acids is 2. The van der Waals surface area contributed by atoms with E-state index >= 15 is 0 Å². The third kappa shape index (κ3) is 4.33. The minimum Gasteiger partial charge on any atom is -0.452 e. The van der Waals surface area contributed by atoms with Crippen LogP contribution in [0.2, 0.25) is 0 Å². The number of carbonyl (C=O) groups is 2. The van der Waals surface area contributed by atoms with Gasteiger partial charge in [0, 0.05) is 20.1 Å². The third-order valence-corrected chi connectivity index (χ3v) is 6.41. The van der Waals surface area contributed by atoms with E-state index in [1.165, 1.54) is 31.3 Å². The van der Waals surface area contributed by atoms with Gasteiger partial charge in [0.15, 0.2) is 6.61 Å². The maximum absolute atomic E-state index is 12.9. The predicted molar refractivity (Wildman–Crippen MR) is 105 cm³/mol. The van der Waals surface area contributed by atoms with Crippen LogP contribution < -0.4 is 4.31 Å². The summed E-state index contributed by atoms with van der Waals surface area (Å²) in [6, 6.07) is 14.3. The fraction of sp³-hybridized carbons (Fsp3) is 0.300. The van der Waals surface area contributed by atoms with Crippen LogP contribution in [0.15, 0.2) is 59.5 Å². The molecule has 0 saturated carbocycles. The van der Waals surface area contributed by atoms with Crippen molar-refractivity contribution in [3.8, 4) is 0 Å². The van der Waals surface area contributed by atoms with Crippen molar-refractivity contribution in [1.29, 1.82) is 0 Å². The molecule has 0 radical (unpaired) electrons. The Morgan fingerprint density at radius 3 is 2.39 bits per heavy atom. The molecule has 2 aromatic rings. The van der Waals surface area contributed by atoms with Crippen LogP contribution in [-0.4, -0.2) is 51.9 Å². The van der Waals surface area contributed by atoms with Gasteiger partial charge < -0.3 is 9.64 Å². The lowest BCUT2D eigenvalue weighted by molar-refractivity contribution is -0.133. The Kier molecular flexibility index (Phi) is 5.99. The molecule has 0 N–H and O–H groups in total. The van der Waals surface area contributed by atoms with E-state index in [9.17, 15) is 18.0 Å². The van der Waals surface area contributed by atoms with Gasteiger partial charge >= 0.3 is 5.97 Å². The number of rotatable bonds is 6. The van der Waals surface area contributed by atoms with Gasteiger partial charge in [0.2, 0.25) is 0 Å². The molecular weight excluding hydrogens is 380 g/mol. The Hall–Kier alpha value is -2.87. The van der Waals surface area contributed by atoms with Gasteiger partial charge in [0.25, 0.3) is 15.9 Å². The molecule has 0 aliphatic carbocycles. The van der Waals surface area contributed by atoms with Crippen LogP contribution in [0.3, 0.4) is 0 Å². The first kappa shape index (κ1) is 19.9. The lowest BCUT2D eigenvalue weighted by Crippen LogP contribution is -2.32. The Morgan fingerprint density at radius 2 is 1.71 bits per heavy atom. The summed E-state index contributed by atoms with van der Waals surface area (Å²) < 4.78 is 31.9. The maximum atomic E-state index is 12.9. The van der Waals surface area contributed by atoms with Gasteiger partial charge in [0.05, 0.1) is 16.1 Å². The molecule has 148 valence electrons. The van der Waals surface area contributed by atoms with Crippen molar-refractivity contribution in [2.45, 2.75) is 17.7 Å². The molecule has 1 aliphatic heterocycles. The van der Waals surface area contributed by atoms with Crippen LogP contribution in [0, 0.1) is 0 Å². The molecule has 0 aromatic heterocycles. The summed E-state index contributed by atoms with van der Waals surface area (Å²) in [5.74, 6) is -0.967. The summed E-state index contributed by atoms with van der Waals surface area (Å²) in [4.78, 5) is 25.9. The molecule has 2 aromatic carbocycles. The number of anilines is 1. The number of hydrogen-bond acceptors (Lipinski definition) is 5. The number of nitrogens with zero attached hydrogens (tertiary/aromatic N) is 2. The molecule has 1 aliphatic rings. The van der Waals surface area contributed by atoms with Gasteiger partial charge in [-0.1, -0.05) is 24.3 Å². The number of benzene rings is 2. The molecule has 1 fully saturated rings. The molecular formula is C20H22N2O5S. The van der Waals surface area contributed by atoms with Gasteiger partial charge in [-0.2, -0.15) is 0 Å². The Balaban J connectivity index is 1.72. The quantitative estimate of drug-likeness (QED) is 0.692. The molecule has 28 heavy (non-hydrogen) atoms. The lowest BCUT2D eigenvalue weighted by atomic mass is 10.2. The van der Waals surface area contributed by atoms with E-state index in [4.69, 9.17) is 4.74 Å². The summed E-state index contributed by atoms with van der Waals surface area (Å²) in [7, 11) is -2.39. The first-order valence-corrected chi connectivity index (χ1v) is 10.4. The van der Waals surface area contributed by atoms with Crippen molar-refractivity contribution in [2.24, 2.45) is 0 Å². The first-order valence-electron chi connectivity index (χ1n) is 8.98. The van der Waals surface area contributed by atoms with Gasteiger partial charge in [-0.25, -0.2) is 13.2 Å². The normalized spacial score (nSPS) is 14.0. The Morgan fingerprint density at radius 1 is 1.04 bits per heavy atom. The van der Waals surface area contributed by atoms with Crippen LogP contribution in [-0.2, 0) is 19.6 Å². The highest BCUT2D eigenvalue weighted by Gasteiger charge is 2.23. The molecule has 1 amide bonds. The van der Waals surface area contributed by atoms with E-state index in [-0.39, 0.29) is 23.0 Å². The molecule has 7 nitrogen and oxygen atoms in total. The zero-order chi connectivity index (χ0) is 20.1. The fourth-order valence-electron chi connectivity index (χ4n) is 2.99. The molecule has 0 unspecified atom stereocenters. The molecule has 0 atom stereocenters. The van der Waals surface area contributed by atoms with E-state index in [2.05, 4.69) is 0 Å². The van der Waals surface area contributed by atoms with Gasteiger partial charge in [-0.3, -0.25) is 9.10 Å². The number of amides is 1. The van der Waals surface area contributed by atoms with Crippen LogP contribution >= 0.6 is 0 Å². The average molecular weight is 402 g/mol. The summed E-state index contributed by atoms with van der Waals surface area (Å²) in [6.07, 6.45) is 1.91. The average Bonchev–Trinajstić information content (AvgIpc) is 3.27. The van der Waals surface area contributed by atoms with Crippen LogP contribution in [0.5, 0.6) is 0 Å². The van der Waals surface area contributed by atoms with Crippen LogP contribution in [0.1, 0.15) is 23.2 Å². The second kappa shape index (κ2) is 8.43. The van der Waals surface area contributed by atoms with Crippen molar-refractivity contribution in [2.75, 3.05) is 31.0 Å². The summed E-state index contributed by atoms with van der Waals surface area (Å²) >= 11 is 0. The minimum absolute atomic E-state index is 0.0285. The second-order valence-electron chi connectivity index (χ2n) is 6.50. The smallest absolute Gasteiger partial charge is 0.338 e. The van der Waals surface area contributed by atoms with E-state index in [1.807, 2.05) is 0 Å². The zero-order valence-corrected chi connectivity index (χ0v) is 16.4. The molecule has 0 bridgehead atoms. The second-order valence-corrected chi connectivity index (χ2v) is 8.47. The van der Waals surface area contributed by atoms with Gasteiger partial charge in [-0.05, 0) is 43.2 Å². The van der Waals surface area contributed by atoms with Crippen molar-refractivity contribution in [1.82, 2.24) is 4.90 Å². The number of likely N-dealkylation sites (tertiary alicyclic amines) is 1. The number of hydrogen-bond donors (Lipinski definition) is 0. The number of para-hydroxylation sites is 1. The van der Waals surface area contributed by atoms with Crippen LogP contribution in [0.4, 0.5) is 5.69 Å². The van der Waals surface area contributed by atoms with Crippen molar-refractivity contribution < 1.29 is 22.7 Å². The highest BCUT2D eigenvalue weighted by atomic mass is 32.2. The maximum Gasteiger partial charge on any atom is 0.338 e. The summed E-state index contributed by atoms with van der Waals surface area (Å²) in [5, 5.41) is 0. The largest absolute Gasteiger partial charge is 0.452 e. The van der Waals surface area contributed by atoms with Crippen molar-refractivity contribution in [3.05, 3.63) is 60.2 Å². The first-order chi connectivity index (χ1) is 13.4. The van der Waals surface area contributed by atoms with Gasteiger partial charge in [-0.15, -0.1) is 0 Å². The van der Waals surface area contributed by atoms with E-state index < -0.39 is 16.0 Å². The van der Waals surface area contributed by atoms with Crippen molar-refractivity contribution in [3.63, 3.8) is 0 Å². The summed E-state index contributed by atoms with van der Waals surface area (Å²) in [6.45, 7) is 1.01. The lowest BCUT2D eigenvalue weighted by Gasteiger charge is -2.19. The van der Waals surface area contributed by atoms with Gasteiger partial charge in [0.1, 0.15) is 0 Å². The summed E-state index contributed by atoms with van der Waals surface area (Å²) in [5.41, 5.74) is 0.587. The highest BCUT2D eigenvalue weighted by Crippen LogP contribution is 2.22. The topological polar surface area (TPSA) is 84.0 Å². The molecule has 1 heterocycles. The molecule has 0 spiro atoms. The SMILES string of the molecule is CN(c1ccccc1)S(=O)(=O)c1cccc(C(=O)OCC(=O)N2CCCC2)c1. The molecule has 3 rings (SSSR count). The Bertz CT molecular complexity index is 954. The highest BCUT2D eigenvalue weighted by molar-refractivity contribution is 7.92. The zero-order valence-electron chi connectivity index (χ0n) is 15.6. The monoisotopic (exact) mass is 402 g/mol. The predicted octanol–water partition coefficient (Wildman–Crippen LogP) is 2.29. The number of esters is 1. The fourth-order valence-corrected chi connectivity index (χ4v) is 4.23. The van der Waals surface area contributed by atoms with E-state index in [0.29, 0.717) is 18.8 Å². The van der Waals surface area contributed by atoms with Crippen molar-refractivity contribution >= 4 is 27.6 Å². The molecule has 8 heteroatoms. The van der Waals surface area contributed by atoms with E-state index in [1.54, 1.807) is 35.2 Å². The number of sulfonamides is 1. The standard InChI is InChI=1S/C20H22N2O5S/c1-21(17-9-3-2-4-10-17)28(25,26)18-11-7-8-16(14-18)20(24)27-15-19(23)22-12-5-6-13-22/h2-4,7-11,14H,5-6,12-13,15H2,1H3. The van der Waals surface area contributed by atoms with Crippen LogP contribution in [0.25, 0.3) is 0 Å². The van der Waals surface area contributed by atoms with E-state index in [0.717, 1.165) is 17.1 Å².